The van der Waals surface area contributed by atoms with Crippen LogP contribution in [0.25, 0.3) is 11.1 Å². The number of hydrogen-bond acceptors (Lipinski definition) is 0. The van der Waals surface area contributed by atoms with E-state index in [1.54, 1.807) is 0 Å². The van der Waals surface area contributed by atoms with Gasteiger partial charge in [0.05, 0.1) is 0 Å². The van der Waals surface area contributed by atoms with Crippen molar-refractivity contribution in [2.75, 3.05) is 0 Å². The molecule has 72 valence electrons. The summed E-state index contributed by atoms with van der Waals surface area (Å²) in [7, 11) is 0. The van der Waals surface area contributed by atoms with Gasteiger partial charge in [-0.25, -0.2) is 0 Å². The molecule has 0 nitrogen and oxygen atoms in total. The first-order valence-electron chi connectivity index (χ1n) is 4.34. The zero-order valence-electron chi connectivity index (χ0n) is 8.49. The summed E-state index contributed by atoms with van der Waals surface area (Å²) in [4.78, 5) is 0. The standard InChI is InChI=1S/C13H11.BrH.Mg/c1-11-7-5-6-10-13(11)12-8-3-2-4-9-12;;/h2-10H,1H2;1H;/q-1;;+2/p-1. The van der Waals surface area contributed by atoms with Crippen molar-refractivity contribution in [3.8, 4) is 11.1 Å². The van der Waals surface area contributed by atoms with Crippen LogP contribution in [-0.2, 0) is 0 Å². The second kappa shape index (κ2) is 6.93. The largest absolute Gasteiger partial charge is 2.00 e. The van der Waals surface area contributed by atoms with E-state index in [-0.39, 0.29) is 40.0 Å². The first-order valence-corrected chi connectivity index (χ1v) is 4.34. The summed E-state index contributed by atoms with van der Waals surface area (Å²) in [6.45, 7) is 4.00. The number of hydrogen-bond donors (Lipinski definition) is 0. The summed E-state index contributed by atoms with van der Waals surface area (Å²) >= 11 is 0. The van der Waals surface area contributed by atoms with Gasteiger partial charge in [0.15, 0.2) is 0 Å². The molecule has 0 saturated heterocycles. The molecule has 0 fully saturated rings. The third-order valence-corrected chi connectivity index (χ3v) is 2.10. The SMILES string of the molecule is [Br-].[CH2-]c1ccccc1-c1ccccc1.[Mg+2]. The molecule has 2 rings (SSSR count). The number of benzene rings is 2. The Morgan fingerprint density at radius 2 is 1.27 bits per heavy atom. The van der Waals surface area contributed by atoms with Gasteiger partial charge in [-0.05, 0) is 0 Å². The minimum absolute atomic E-state index is 0. The van der Waals surface area contributed by atoms with Crippen molar-refractivity contribution in [3.63, 3.8) is 0 Å². The molecule has 0 aliphatic carbocycles. The molecule has 0 aliphatic heterocycles. The molecular weight excluding hydrogens is 260 g/mol. The zero-order valence-corrected chi connectivity index (χ0v) is 11.5. The van der Waals surface area contributed by atoms with Crippen LogP contribution in [0.3, 0.4) is 0 Å². The second-order valence-electron chi connectivity index (χ2n) is 3.02. The van der Waals surface area contributed by atoms with Crippen molar-refractivity contribution < 1.29 is 17.0 Å². The van der Waals surface area contributed by atoms with Crippen molar-refractivity contribution in [1.82, 2.24) is 0 Å². The number of halogens is 1. The van der Waals surface area contributed by atoms with E-state index in [2.05, 4.69) is 25.1 Å². The van der Waals surface area contributed by atoms with Gasteiger partial charge < -0.3 is 17.0 Å². The van der Waals surface area contributed by atoms with Gasteiger partial charge in [0.2, 0.25) is 0 Å². The van der Waals surface area contributed by atoms with Crippen molar-refractivity contribution in [2.24, 2.45) is 0 Å². The minimum atomic E-state index is 0. The van der Waals surface area contributed by atoms with Crippen LogP contribution in [0.5, 0.6) is 0 Å². The van der Waals surface area contributed by atoms with E-state index in [0.29, 0.717) is 0 Å². The Kier molecular flexibility index (Phi) is 6.73. The average Bonchev–Trinajstić information content (AvgIpc) is 2.20. The van der Waals surface area contributed by atoms with E-state index in [4.69, 9.17) is 0 Å². The van der Waals surface area contributed by atoms with E-state index in [0.717, 1.165) is 5.56 Å². The van der Waals surface area contributed by atoms with Crippen molar-refractivity contribution in [3.05, 3.63) is 67.1 Å². The van der Waals surface area contributed by atoms with E-state index < -0.39 is 0 Å². The molecule has 0 saturated carbocycles. The average molecular weight is 271 g/mol. The normalized spacial score (nSPS) is 8.53. The van der Waals surface area contributed by atoms with Crippen LogP contribution < -0.4 is 17.0 Å². The summed E-state index contributed by atoms with van der Waals surface area (Å²) in [6.07, 6.45) is 0. The van der Waals surface area contributed by atoms with Crippen LogP contribution in [0.2, 0.25) is 0 Å². The maximum atomic E-state index is 4.00. The zero-order chi connectivity index (χ0) is 9.10. The molecule has 0 atom stereocenters. The van der Waals surface area contributed by atoms with Crippen LogP contribution in [-0.4, -0.2) is 23.1 Å². The quantitative estimate of drug-likeness (QED) is 0.512. The summed E-state index contributed by atoms with van der Waals surface area (Å²) in [5, 5.41) is 0. The molecule has 0 aliphatic rings. The third-order valence-electron chi connectivity index (χ3n) is 2.10. The van der Waals surface area contributed by atoms with Crippen molar-refractivity contribution >= 4 is 23.1 Å². The van der Waals surface area contributed by atoms with E-state index >= 15 is 0 Å². The van der Waals surface area contributed by atoms with Crippen LogP contribution in [0, 0.1) is 6.92 Å². The Morgan fingerprint density at radius 3 is 1.87 bits per heavy atom. The monoisotopic (exact) mass is 270 g/mol. The second-order valence-corrected chi connectivity index (χ2v) is 3.02. The first-order chi connectivity index (χ1) is 6.38. The van der Waals surface area contributed by atoms with E-state index in [1.807, 2.05) is 36.4 Å². The van der Waals surface area contributed by atoms with Crippen LogP contribution in [0.4, 0.5) is 0 Å². The molecule has 0 heterocycles. The Balaban J connectivity index is 0.000000980. The molecule has 0 spiro atoms. The molecule has 2 aromatic carbocycles. The van der Waals surface area contributed by atoms with Gasteiger partial charge in [-0.3, -0.25) is 0 Å². The fraction of sp³-hybridized carbons (Fsp3) is 0. The Bertz CT molecular complexity index is 398. The molecule has 0 aromatic heterocycles. The molecule has 2 heteroatoms. The van der Waals surface area contributed by atoms with E-state index in [9.17, 15) is 0 Å². The van der Waals surface area contributed by atoms with Gasteiger partial charge in [0, 0.05) is 0 Å². The summed E-state index contributed by atoms with van der Waals surface area (Å²) in [5.41, 5.74) is 3.52. The maximum Gasteiger partial charge on any atom is 2.00 e. The van der Waals surface area contributed by atoms with Gasteiger partial charge in [-0.2, -0.15) is 18.6 Å². The molecule has 15 heavy (non-hydrogen) atoms. The van der Waals surface area contributed by atoms with Gasteiger partial charge in [0.1, 0.15) is 0 Å². The van der Waals surface area contributed by atoms with Gasteiger partial charge >= 0.3 is 23.1 Å². The van der Waals surface area contributed by atoms with Crippen LogP contribution in [0.15, 0.2) is 54.6 Å². The maximum absolute atomic E-state index is 4.00. The minimum Gasteiger partial charge on any atom is -1.00 e. The summed E-state index contributed by atoms with van der Waals surface area (Å²) in [6, 6.07) is 18.5. The molecule has 0 radical (unpaired) electrons. The van der Waals surface area contributed by atoms with Crippen molar-refractivity contribution in [1.29, 1.82) is 0 Å². The topological polar surface area (TPSA) is 0 Å². The Labute approximate surface area is 118 Å². The predicted molar refractivity (Wildman–Crippen MR) is 62.1 cm³/mol. The van der Waals surface area contributed by atoms with Gasteiger partial charge in [-0.15, -0.1) is 17.7 Å². The van der Waals surface area contributed by atoms with Crippen LogP contribution in [0.1, 0.15) is 5.56 Å². The molecular formula is C13H11BrMg. The summed E-state index contributed by atoms with van der Waals surface area (Å²) < 4.78 is 0. The smallest absolute Gasteiger partial charge is 1.00 e. The third kappa shape index (κ3) is 3.56. The fourth-order valence-corrected chi connectivity index (χ4v) is 1.42. The molecule has 0 N–H and O–H groups in total. The van der Waals surface area contributed by atoms with Gasteiger partial charge in [0.25, 0.3) is 0 Å². The molecule has 0 bridgehead atoms. The Morgan fingerprint density at radius 1 is 0.733 bits per heavy atom. The van der Waals surface area contributed by atoms with Gasteiger partial charge in [-0.1, -0.05) is 42.0 Å². The fourth-order valence-electron chi connectivity index (χ4n) is 1.42. The molecule has 2 aromatic rings. The Hall–Kier alpha value is -0.444. The van der Waals surface area contributed by atoms with Crippen LogP contribution >= 0.6 is 0 Å². The summed E-state index contributed by atoms with van der Waals surface area (Å²) in [5.74, 6) is 0. The van der Waals surface area contributed by atoms with Crippen molar-refractivity contribution in [2.45, 2.75) is 0 Å². The van der Waals surface area contributed by atoms with E-state index in [1.165, 1.54) is 11.1 Å². The molecule has 0 unspecified atom stereocenters. The first kappa shape index (κ1) is 14.6. The number of rotatable bonds is 1. The predicted octanol–water partition coefficient (Wildman–Crippen LogP) is 0.159. The molecule has 0 amide bonds.